The van der Waals surface area contributed by atoms with Gasteiger partial charge in [-0.3, -0.25) is 9.59 Å². The van der Waals surface area contributed by atoms with Gasteiger partial charge in [0.1, 0.15) is 13.2 Å². The second-order valence-corrected chi connectivity index (χ2v) is 6.66. The van der Waals surface area contributed by atoms with Gasteiger partial charge in [-0.25, -0.2) is 0 Å². The lowest BCUT2D eigenvalue weighted by Crippen LogP contribution is -2.31. The van der Waals surface area contributed by atoms with Crippen molar-refractivity contribution >= 4 is 17.5 Å². The Kier molecular flexibility index (Phi) is 9.67. The molecule has 2 N–H and O–H groups in total. The van der Waals surface area contributed by atoms with Crippen LogP contribution in [0, 0.1) is 6.92 Å². The van der Waals surface area contributed by atoms with Crippen LogP contribution in [-0.2, 0) is 20.7 Å². The van der Waals surface area contributed by atoms with Gasteiger partial charge in [0, 0.05) is 12.2 Å². The zero-order valence-electron chi connectivity index (χ0n) is 17.8. The molecule has 2 aromatic rings. The predicted molar refractivity (Wildman–Crippen MR) is 116 cm³/mol. The Bertz CT molecular complexity index is 838. The van der Waals surface area contributed by atoms with Crippen LogP contribution in [0.4, 0.5) is 5.69 Å². The van der Waals surface area contributed by atoms with Crippen LogP contribution in [0.3, 0.4) is 0 Å². The lowest BCUT2D eigenvalue weighted by molar-refractivity contribution is -0.128. The second kappa shape index (κ2) is 12.5. The molecule has 0 aromatic heterocycles. The lowest BCUT2D eigenvalue weighted by atomic mass is 10.1. The monoisotopic (exact) mass is 414 g/mol. The molecule has 0 atom stereocenters. The summed E-state index contributed by atoms with van der Waals surface area (Å²) < 4.78 is 16.4. The Morgan fingerprint density at radius 1 is 0.900 bits per heavy atom. The summed E-state index contributed by atoms with van der Waals surface area (Å²) in [5, 5.41) is 5.52. The molecule has 30 heavy (non-hydrogen) atoms. The van der Waals surface area contributed by atoms with Crippen LogP contribution in [0.1, 0.15) is 25.0 Å². The summed E-state index contributed by atoms with van der Waals surface area (Å²) in [6.07, 6.45) is 0.645. The standard InChI is InChI=1S/C23H30N2O5/c1-4-29-20-10-9-18(14-21(20)30-5-2)11-12-24-22(26)15-28-16-23(27)25-19-8-6-7-17(3)13-19/h6-10,13-14H,4-5,11-12,15-16H2,1-3H3,(H,24,26)(H,25,27). The summed E-state index contributed by atoms with van der Waals surface area (Å²) >= 11 is 0. The number of benzene rings is 2. The average Bonchev–Trinajstić information content (AvgIpc) is 2.70. The van der Waals surface area contributed by atoms with Gasteiger partial charge < -0.3 is 24.8 Å². The van der Waals surface area contributed by atoms with E-state index < -0.39 is 0 Å². The minimum absolute atomic E-state index is 0.172. The van der Waals surface area contributed by atoms with E-state index in [1.165, 1.54) is 0 Å². The molecular formula is C23H30N2O5. The van der Waals surface area contributed by atoms with E-state index in [2.05, 4.69) is 10.6 Å². The first-order valence-corrected chi connectivity index (χ1v) is 10.1. The van der Waals surface area contributed by atoms with E-state index in [-0.39, 0.29) is 25.0 Å². The number of amides is 2. The van der Waals surface area contributed by atoms with Gasteiger partial charge >= 0.3 is 0 Å². The largest absolute Gasteiger partial charge is 0.490 e. The summed E-state index contributed by atoms with van der Waals surface area (Å²) in [7, 11) is 0. The highest BCUT2D eigenvalue weighted by Crippen LogP contribution is 2.28. The predicted octanol–water partition coefficient (Wildman–Crippen LogP) is 3.11. The highest BCUT2D eigenvalue weighted by atomic mass is 16.5. The van der Waals surface area contributed by atoms with E-state index >= 15 is 0 Å². The molecule has 0 aliphatic carbocycles. The van der Waals surface area contributed by atoms with Gasteiger partial charge in [0.25, 0.3) is 0 Å². The van der Waals surface area contributed by atoms with Crippen molar-refractivity contribution in [3.05, 3.63) is 53.6 Å². The normalized spacial score (nSPS) is 10.4. The molecule has 2 rings (SSSR count). The number of anilines is 1. The van der Waals surface area contributed by atoms with Gasteiger partial charge in [0.05, 0.1) is 13.2 Å². The Morgan fingerprint density at radius 3 is 2.37 bits per heavy atom. The quantitative estimate of drug-likeness (QED) is 0.557. The summed E-state index contributed by atoms with van der Waals surface area (Å²) in [4.78, 5) is 23.8. The first-order valence-electron chi connectivity index (χ1n) is 10.1. The fourth-order valence-electron chi connectivity index (χ4n) is 2.80. The molecule has 0 unspecified atom stereocenters. The first kappa shape index (κ1) is 23.2. The van der Waals surface area contributed by atoms with Crippen molar-refractivity contribution in [2.24, 2.45) is 0 Å². The first-order chi connectivity index (χ1) is 14.5. The highest BCUT2D eigenvalue weighted by Gasteiger charge is 2.08. The van der Waals surface area contributed by atoms with E-state index in [9.17, 15) is 9.59 Å². The van der Waals surface area contributed by atoms with Crippen LogP contribution in [0.25, 0.3) is 0 Å². The molecule has 0 radical (unpaired) electrons. The number of carbonyl (C=O) groups is 2. The molecule has 0 aliphatic rings. The van der Waals surface area contributed by atoms with Crippen LogP contribution in [0.15, 0.2) is 42.5 Å². The molecule has 0 bridgehead atoms. The summed E-state index contributed by atoms with van der Waals surface area (Å²) in [6.45, 7) is 7.01. The molecule has 0 heterocycles. The topological polar surface area (TPSA) is 85.9 Å². The maximum atomic E-state index is 11.9. The Labute approximate surface area is 177 Å². The SMILES string of the molecule is CCOc1ccc(CCNC(=O)COCC(=O)Nc2cccc(C)c2)cc1OCC. The lowest BCUT2D eigenvalue weighted by Gasteiger charge is -2.12. The summed E-state index contributed by atoms with van der Waals surface area (Å²) in [6, 6.07) is 13.2. The van der Waals surface area contributed by atoms with Gasteiger partial charge in [0.2, 0.25) is 11.8 Å². The van der Waals surface area contributed by atoms with Crippen molar-refractivity contribution in [2.45, 2.75) is 27.2 Å². The molecular weight excluding hydrogens is 384 g/mol. The third kappa shape index (κ3) is 8.13. The maximum absolute atomic E-state index is 11.9. The summed E-state index contributed by atoms with van der Waals surface area (Å²) in [5.74, 6) is 0.844. The van der Waals surface area contributed by atoms with Gasteiger partial charge in [-0.05, 0) is 62.6 Å². The van der Waals surface area contributed by atoms with E-state index in [4.69, 9.17) is 14.2 Å². The number of aryl methyl sites for hydroxylation is 1. The van der Waals surface area contributed by atoms with Crippen molar-refractivity contribution in [1.29, 1.82) is 0 Å². The van der Waals surface area contributed by atoms with Crippen molar-refractivity contribution < 1.29 is 23.8 Å². The van der Waals surface area contributed by atoms with Crippen LogP contribution in [-0.4, -0.2) is 44.8 Å². The molecule has 2 amide bonds. The summed E-state index contributed by atoms with van der Waals surface area (Å²) in [5.41, 5.74) is 2.78. The Balaban J connectivity index is 1.68. The van der Waals surface area contributed by atoms with Gasteiger partial charge in [-0.2, -0.15) is 0 Å². The molecule has 0 spiro atoms. The third-order valence-electron chi connectivity index (χ3n) is 4.11. The van der Waals surface area contributed by atoms with E-state index in [0.717, 1.165) is 11.1 Å². The van der Waals surface area contributed by atoms with E-state index in [1.54, 1.807) is 6.07 Å². The van der Waals surface area contributed by atoms with Gasteiger partial charge in [-0.15, -0.1) is 0 Å². The van der Waals surface area contributed by atoms with Crippen LogP contribution < -0.4 is 20.1 Å². The molecule has 0 fully saturated rings. The minimum Gasteiger partial charge on any atom is -0.490 e. The number of nitrogens with one attached hydrogen (secondary N) is 2. The van der Waals surface area contributed by atoms with Crippen molar-refractivity contribution in [3.8, 4) is 11.5 Å². The van der Waals surface area contributed by atoms with Crippen molar-refractivity contribution in [3.63, 3.8) is 0 Å². The van der Waals surface area contributed by atoms with Crippen LogP contribution >= 0.6 is 0 Å². The highest BCUT2D eigenvalue weighted by molar-refractivity contribution is 5.92. The zero-order chi connectivity index (χ0) is 21.8. The Hall–Kier alpha value is -3.06. The number of carbonyl (C=O) groups excluding carboxylic acids is 2. The van der Waals surface area contributed by atoms with Crippen LogP contribution in [0.2, 0.25) is 0 Å². The van der Waals surface area contributed by atoms with E-state index in [0.29, 0.717) is 43.4 Å². The molecule has 2 aromatic carbocycles. The smallest absolute Gasteiger partial charge is 0.250 e. The molecule has 0 aliphatic heterocycles. The molecule has 0 saturated carbocycles. The molecule has 0 saturated heterocycles. The molecule has 7 heteroatoms. The molecule has 162 valence electrons. The third-order valence-corrected chi connectivity index (χ3v) is 4.11. The second-order valence-electron chi connectivity index (χ2n) is 6.66. The van der Waals surface area contributed by atoms with E-state index in [1.807, 2.05) is 57.2 Å². The number of hydrogen-bond acceptors (Lipinski definition) is 5. The maximum Gasteiger partial charge on any atom is 0.250 e. The number of hydrogen-bond donors (Lipinski definition) is 2. The number of ether oxygens (including phenoxy) is 3. The fraction of sp³-hybridized carbons (Fsp3) is 0.391. The molecule has 7 nitrogen and oxygen atoms in total. The zero-order valence-corrected chi connectivity index (χ0v) is 17.8. The van der Waals surface area contributed by atoms with Gasteiger partial charge in [0.15, 0.2) is 11.5 Å². The van der Waals surface area contributed by atoms with Crippen LogP contribution in [0.5, 0.6) is 11.5 Å². The van der Waals surface area contributed by atoms with Crippen molar-refractivity contribution in [1.82, 2.24) is 5.32 Å². The minimum atomic E-state index is -0.300. The fourth-order valence-corrected chi connectivity index (χ4v) is 2.80. The number of rotatable bonds is 12. The average molecular weight is 415 g/mol. The van der Waals surface area contributed by atoms with Crippen molar-refractivity contribution in [2.75, 3.05) is 38.3 Å². The Morgan fingerprint density at radius 2 is 1.63 bits per heavy atom. The van der Waals surface area contributed by atoms with Gasteiger partial charge in [-0.1, -0.05) is 18.2 Å².